The lowest BCUT2D eigenvalue weighted by molar-refractivity contribution is 0.0878. The average Bonchev–Trinajstić information content (AvgIpc) is 3.34. The highest BCUT2D eigenvalue weighted by atomic mass is 32.2. The molecule has 1 aliphatic heterocycles. The first kappa shape index (κ1) is 29.3. The van der Waals surface area contributed by atoms with Gasteiger partial charge < -0.3 is 14.2 Å². The third kappa shape index (κ3) is 6.19. The van der Waals surface area contributed by atoms with E-state index in [1.54, 1.807) is 24.3 Å². The van der Waals surface area contributed by atoms with E-state index < -0.39 is 17.9 Å². The number of hydrogen-bond donors (Lipinski definition) is 0. The summed E-state index contributed by atoms with van der Waals surface area (Å²) in [6.07, 6.45) is 4.55. The summed E-state index contributed by atoms with van der Waals surface area (Å²) in [6, 6.07) is 17.6. The second kappa shape index (κ2) is 11.6. The van der Waals surface area contributed by atoms with Gasteiger partial charge in [-0.2, -0.15) is 9.61 Å². The van der Waals surface area contributed by atoms with E-state index in [9.17, 15) is 13.2 Å². The smallest absolute Gasteiger partial charge is 0.282 e. The molecule has 0 atom stereocenters. The fourth-order valence-electron chi connectivity index (χ4n) is 5.43. The van der Waals surface area contributed by atoms with Crippen molar-refractivity contribution in [1.82, 2.24) is 14.2 Å². The highest BCUT2D eigenvalue weighted by Crippen LogP contribution is 2.37. The Morgan fingerprint density at radius 3 is 2.20 bits per heavy atom. The van der Waals surface area contributed by atoms with E-state index in [1.165, 1.54) is 17.2 Å². The Balaban J connectivity index is 1.75. The maximum absolute atomic E-state index is 14.2. The molecule has 0 unspecified atom stereocenters. The summed E-state index contributed by atoms with van der Waals surface area (Å²) in [6.45, 7) is 11.7. The number of nitrogens with zero attached hydrogens (tertiary/aromatic N) is 4. The van der Waals surface area contributed by atoms with E-state index in [1.807, 2.05) is 37.3 Å². The van der Waals surface area contributed by atoms with Crippen LogP contribution in [0.5, 0.6) is 0 Å². The summed E-state index contributed by atoms with van der Waals surface area (Å²) < 4.78 is 34.1. The quantitative estimate of drug-likeness (QED) is 0.179. The third-order valence-corrected chi connectivity index (χ3v) is 10.6. The van der Waals surface area contributed by atoms with Crippen molar-refractivity contribution in [3.63, 3.8) is 0 Å². The van der Waals surface area contributed by atoms with Crippen molar-refractivity contribution in [2.24, 2.45) is 0 Å². The van der Waals surface area contributed by atoms with Crippen LogP contribution in [0.2, 0.25) is 25.7 Å². The molecule has 0 aliphatic carbocycles. The van der Waals surface area contributed by atoms with Crippen LogP contribution in [0.15, 0.2) is 64.3 Å². The predicted molar refractivity (Wildman–Crippen MR) is 168 cm³/mol. The van der Waals surface area contributed by atoms with Crippen LogP contribution in [-0.4, -0.2) is 56.6 Å². The number of piperidine rings is 1. The minimum absolute atomic E-state index is 0.216. The van der Waals surface area contributed by atoms with Crippen molar-refractivity contribution in [3.05, 3.63) is 70.6 Å². The Kier molecular flexibility index (Phi) is 8.27. The fourth-order valence-corrected chi connectivity index (χ4v) is 6.82. The zero-order valence-corrected chi connectivity index (χ0v) is 26.5. The molecule has 4 aromatic rings. The summed E-state index contributed by atoms with van der Waals surface area (Å²) in [5.74, 6) is 0. The molecule has 0 spiro atoms. The molecule has 218 valence electrons. The highest BCUT2D eigenvalue weighted by Gasteiger charge is 2.28. The van der Waals surface area contributed by atoms with Gasteiger partial charge >= 0.3 is 0 Å². The number of benzene rings is 2. The molecule has 2 aromatic heterocycles. The van der Waals surface area contributed by atoms with Gasteiger partial charge in [-0.25, -0.2) is 8.42 Å². The standard InChI is InChI=1S/C31H40N4O4SSi/c1-23-27(24-14-16-26(17-15-24)40(2,37)38)31(36)35-30(34(23)22-39-20-21-41(3,4)5)29(33-18-10-7-11-19-33)28(32-35)25-12-8-6-9-13-25/h6,8-9,12-17H,7,10-11,18-22H2,1-5H3. The summed E-state index contributed by atoms with van der Waals surface area (Å²) >= 11 is 0. The minimum Gasteiger partial charge on any atom is -0.367 e. The molecule has 10 heteroatoms. The van der Waals surface area contributed by atoms with Gasteiger partial charge in [0, 0.05) is 45.3 Å². The number of hydrogen-bond acceptors (Lipinski definition) is 6. The topological polar surface area (TPSA) is 85.9 Å². The summed E-state index contributed by atoms with van der Waals surface area (Å²) in [4.78, 5) is 16.8. The lowest BCUT2D eigenvalue weighted by Crippen LogP contribution is -2.31. The van der Waals surface area contributed by atoms with Gasteiger partial charge in [0.2, 0.25) is 0 Å². The van der Waals surface area contributed by atoms with Crippen LogP contribution in [0.4, 0.5) is 5.69 Å². The molecular weight excluding hydrogens is 553 g/mol. The van der Waals surface area contributed by atoms with Crippen molar-refractivity contribution in [2.75, 3.05) is 30.9 Å². The Hall–Kier alpha value is -3.21. The van der Waals surface area contributed by atoms with Crippen LogP contribution in [0.3, 0.4) is 0 Å². The molecule has 1 fully saturated rings. The molecule has 8 nitrogen and oxygen atoms in total. The van der Waals surface area contributed by atoms with Crippen LogP contribution < -0.4 is 10.5 Å². The van der Waals surface area contributed by atoms with Crippen molar-refractivity contribution < 1.29 is 13.2 Å². The van der Waals surface area contributed by atoms with Crippen LogP contribution >= 0.6 is 0 Å². The first-order chi connectivity index (χ1) is 19.5. The van der Waals surface area contributed by atoms with Crippen molar-refractivity contribution >= 4 is 29.2 Å². The highest BCUT2D eigenvalue weighted by molar-refractivity contribution is 7.90. The molecular formula is C31H40N4O4SSi. The average molecular weight is 593 g/mol. The SMILES string of the molecule is Cc1c(-c2ccc(S(C)(=O)=O)cc2)c(=O)n2nc(-c3ccccc3)c(N3CCCCC3)c2n1COCC[Si](C)(C)C. The molecule has 1 saturated heterocycles. The zero-order chi connectivity index (χ0) is 29.4. The third-order valence-electron chi connectivity index (χ3n) is 7.77. The molecule has 0 amide bonds. The number of fused-ring (bicyclic) bond motifs is 1. The molecule has 0 saturated carbocycles. The van der Waals surface area contributed by atoms with Crippen molar-refractivity contribution in [2.45, 2.75) is 63.5 Å². The van der Waals surface area contributed by atoms with Gasteiger partial charge in [-0.1, -0.05) is 62.1 Å². The molecule has 2 aromatic carbocycles. The lowest BCUT2D eigenvalue weighted by Gasteiger charge is -2.30. The van der Waals surface area contributed by atoms with Gasteiger partial charge in [-0.15, -0.1) is 0 Å². The summed E-state index contributed by atoms with van der Waals surface area (Å²) in [7, 11) is -4.65. The van der Waals surface area contributed by atoms with Crippen molar-refractivity contribution in [3.8, 4) is 22.4 Å². The number of sulfone groups is 1. The Morgan fingerprint density at radius 1 is 0.927 bits per heavy atom. The zero-order valence-electron chi connectivity index (χ0n) is 24.7. The number of rotatable bonds is 9. The maximum Gasteiger partial charge on any atom is 0.282 e. The molecule has 1 aliphatic rings. The molecule has 3 heterocycles. The molecule has 0 radical (unpaired) electrons. The predicted octanol–water partition coefficient (Wildman–Crippen LogP) is 5.84. The fraction of sp³-hybridized carbons (Fsp3) is 0.419. The number of ether oxygens (including phenoxy) is 1. The van der Waals surface area contributed by atoms with Gasteiger partial charge in [-0.05, 0) is 49.9 Å². The van der Waals surface area contributed by atoms with Gasteiger partial charge in [0.25, 0.3) is 5.56 Å². The largest absolute Gasteiger partial charge is 0.367 e. The monoisotopic (exact) mass is 592 g/mol. The second-order valence-electron chi connectivity index (χ2n) is 12.2. The van der Waals surface area contributed by atoms with E-state index in [0.29, 0.717) is 17.7 Å². The van der Waals surface area contributed by atoms with E-state index in [0.717, 1.165) is 60.3 Å². The van der Waals surface area contributed by atoms with Gasteiger partial charge in [0.1, 0.15) is 18.1 Å². The second-order valence-corrected chi connectivity index (χ2v) is 19.8. The van der Waals surface area contributed by atoms with Gasteiger partial charge in [0.05, 0.1) is 10.5 Å². The van der Waals surface area contributed by atoms with Crippen LogP contribution in [-0.2, 0) is 21.3 Å². The van der Waals surface area contributed by atoms with E-state index in [4.69, 9.17) is 9.84 Å². The van der Waals surface area contributed by atoms with Crippen LogP contribution in [0, 0.1) is 6.92 Å². The Bertz CT molecular complexity index is 1700. The first-order valence-corrected chi connectivity index (χ1v) is 19.9. The van der Waals surface area contributed by atoms with Crippen LogP contribution in [0.25, 0.3) is 28.0 Å². The number of aromatic nitrogens is 3. The molecule has 0 bridgehead atoms. The van der Waals surface area contributed by atoms with Gasteiger partial charge in [-0.3, -0.25) is 4.79 Å². The first-order valence-electron chi connectivity index (χ1n) is 14.3. The van der Waals surface area contributed by atoms with E-state index in [-0.39, 0.29) is 17.2 Å². The van der Waals surface area contributed by atoms with Gasteiger partial charge in [0.15, 0.2) is 15.5 Å². The maximum atomic E-state index is 14.2. The molecule has 41 heavy (non-hydrogen) atoms. The normalized spacial score (nSPS) is 14.6. The van der Waals surface area contributed by atoms with Crippen LogP contribution in [0.1, 0.15) is 25.0 Å². The minimum atomic E-state index is -3.36. The Labute approximate surface area is 243 Å². The van der Waals surface area contributed by atoms with Crippen molar-refractivity contribution in [1.29, 1.82) is 0 Å². The van der Waals surface area contributed by atoms with E-state index in [2.05, 4.69) is 29.1 Å². The lowest BCUT2D eigenvalue weighted by atomic mass is 10.0. The summed E-state index contributed by atoms with van der Waals surface area (Å²) in [5.41, 5.74) is 5.10. The Morgan fingerprint density at radius 2 is 1.59 bits per heavy atom. The number of anilines is 1. The molecule has 5 rings (SSSR count). The molecule has 0 N–H and O–H groups in total. The summed E-state index contributed by atoms with van der Waals surface area (Å²) in [5, 5.41) is 4.97. The van der Waals surface area contributed by atoms with E-state index >= 15 is 0 Å².